The molecule has 1 aromatic heterocycles. The normalized spacial score (nSPS) is 17.3. The van der Waals surface area contributed by atoms with Crippen LogP contribution in [0.2, 0.25) is 0 Å². The predicted molar refractivity (Wildman–Crippen MR) is 85.3 cm³/mol. The molecule has 2 rings (SSSR count). The lowest BCUT2D eigenvalue weighted by Gasteiger charge is -2.07. The van der Waals surface area contributed by atoms with Crippen molar-refractivity contribution >= 4 is 34.1 Å². The first-order valence-corrected chi connectivity index (χ1v) is 9.17. The average molecular weight is 313 g/mol. The van der Waals surface area contributed by atoms with Crippen LogP contribution in [-0.2, 0) is 4.79 Å². The van der Waals surface area contributed by atoms with Gasteiger partial charge in [-0.2, -0.15) is 0 Å². The van der Waals surface area contributed by atoms with Gasteiger partial charge < -0.3 is 5.32 Å². The van der Waals surface area contributed by atoms with Crippen molar-refractivity contribution in [2.24, 2.45) is 5.92 Å². The van der Waals surface area contributed by atoms with Gasteiger partial charge in [0.05, 0.1) is 0 Å². The molecule has 20 heavy (non-hydrogen) atoms. The van der Waals surface area contributed by atoms with Crippen LogP contribution in [0.3, 0.4) is 0 Å². The first-order chi connectivity index (χ1) is 9.67. The van der Waals surface area contributed by atoms with E-state index in [2.05, 4.69) is 29.4 Å². The third kappa shape index (κ3) is 5.05. The number of thioether (sulfide) groups is 1. The van der Waals surface area contributed by atoms with Gasteiger partial charge in [0.1, 0.15) is 0 Å². The van der Waals surface area contributed by atoms with Crippen LogP contribution in [0.5, 0.6) is 0 Å². The standard InChI is InChI=1S/C14H23N3OS2/c1-3-10(2)19-14-17-16-13(20-14)15-12(18)9-8-11-6-4-5-7-11/h10-11H,3-9H2,1-2H3,(H,15,16,18). The first kappa shape index (κ1) is 15.8. The van der Waals surface area contributed by atoms with Crippen LogP contribution < -0.4 is 5.32 Å². The molecule has 0 aromatic carbocycles. The summed E-state index contributed by atoms with van der Waals surface area (Å²) in [6, 6.07) is 0. The predicted octanol–water partition coefficient (Wildman–Crippen LogP) is 4.34. The second kappa shape index (κ2) is 7.98. The molecule has 1 unspecified atom stereocenters. The smallest absolute Gasteiger partial charge is 0.226 e. The molecular formula is C14H23N3OS2. The highest BCUT2D eigenvalue weighted by Crippen LogP contribution is 2.31. The largest absolute Gasteiger partial charge is 0.301 e. The van der Waals surface area contributed by atoms with Gasteiger partial charge in [0.25, 0.3) is 0 Å². The maximum Gasteiger partial charge on any atom is 0.226 e. The van der Waals surface area contributed by atoms with E-state index in [-0.39, 0.29) is 5.91 Å². The van der Waals surface area contributed by atoms with Crippen molar-refractivity contribution in [1.29, 1.82) is 0 Å². The number of nitrogens with one attached hydrogen (secondary N) is 1. The Bertz CT molecular complexity index is 430. The Morgan fingerprint density at radius 1 is 1.45 bits per heavy atom. The topological polar surface area (TPSA) is 54.9 Å². The zero-order valence-corrected chi connectivity index (χ0v) is 13.9. The monoisotopic (exact) mass is 313 g/mol. The summed E-state index contributed by atoms with van der Waals surface area (Å²) in [6.07, 6.45) is 7.98. The van der Waals surface area contributed by atoms with Crippen molar-refractivity contribution in [2.45, 2.75) is 68.4 Å². The third-order valence-corrected chi connectivity index (χ3v) is 5.98. The molecule has 1 aliphatic carbocycles. The highest BCUT2D eigenvalue weighted by molar-refractivity contribution is 8.01. The molecule has 1 aliphatic rings. The number of hydrogen-bond donors (Lipinski definition) is 1. The molecule has 1 saturated carbocycles. The number of hydrogen-bond acceptors (Lipinski definition) is 5. The van der Waals surface area contributed by atoms with Crippen LogP contribution in [0.15, 0.2) is 4.34 Å². The third-order valence-electron chi connectivity index (χ3n) is 3.78. The number of nitrogens with zero attached hydrogens (tertiary/aromatic N) is 2. The Morgan fingerprint density at radius 3 is 2.90 bits per heavy atom. The molecule has 0 bridgehead atoms. The lowest BCUT2D eigenvalue weighted by atomic mass is 10.0. The van der Waals surface area contributed by atoms with Crippen molar-refractivity contribution in [3.8, 4) is 0 Å². The van der Waals surface area contributed by atoms with Gasteiger partial charge in [-0.25, -0.2) is 0 Å². The van der Waals surface area contributed by atoms with E-state index in [1.165, 1.54) is 37.0 Å². The molecule has 1 heterocycles. The van der Waals surface area contributed by atoms with Gasteiger partial charge in [-0.3, -0.25) is 4.79 Å². The van der Waals surface area contributed by atoms with Crippen LogP contribution >= 0.6 is 23.1 Å². The molecule has 6 heteroatoms. The number of rotatable bonds is 7. The van der Waals surface area contributed by atoms with E-state index in [0.29, 0.717) is 16.8 Å². The fourth-order valence-corrected chi connectivity index (χ4v) is 4.39. The van der Waals surface area contributed by atoms with Crippen LogP contribution in [0.1, 0.15) is 58.8 Å². The van der Waals surface area contributed by atoms with Gasteiger partial charge in [0, 0.05) is 11.7 Å². The molecule has 1 atom stereocenters. The first-order valence-electron chi connectivity index (χ1n) is 7.47. The SMILES string of the molecule is CCC(C)Sc1nnc(NC(=O)CCC2CCCC2)s1. The van der Waals surface area contributed by atoms with E-state index in [1.807, 2.05) is 0 Å². The lowest BCUT2D eigenvalue weighted by molar-refractivity contribution is -0.116. The molecule has 0 radical (unpaired) electrons. The summed E-state index contributed by atoms with van der Waals surface area (Å²) in [5.74, 6) is 0.833. The van der Waals surface area contributed by atoms with Crippen molar-refractivity contribution < 1.29 is 4.79 Å². The molecule has 0 spiro atoms. The fourth-order valence-electron chi connectivity index (χ4n) is 2.38. The zero-order chi connectivity index (χ0) is 14.4. The van der Waals surface area contributed by atoms with Gasteiger partial charge >= 0.3 is 0 Å². The molecule has 1 amide bonds. The highest BCUT2D eigenvalue weighted by Gasteiger charge is 2.17. The molecule has 4 nitrogen and oxygen atoms in total. The molecule has 1 aromatic rings. The minimum absolute atomic E-state index is 0.0770. The number of carbonyl (C=O) groups excluding carboxylic acids is 1. The molecular weight excluding hydrogens is 290 g/mol. The fraction of sp³-hybridized carbons (Fsp3) is 0.786. The summed E-state index contributed by atoms with van der Waals surface area (Å²) < 4.78 is 0.936. The number of carbonyl (C=O) groups is 1. The quantitative estimate of drug-likeness (QED) is 0.601. The molecule has 1 N–H and O–H groups in total. The number of anilines is 1. The van der Waals surface area contributed by atoms with Crippen molar-refractivity contribution in [3.05, 3.63) is 0 Å². The zero-order valence-electron chi connectivity index (χ0n) is 12.2. The summed E-state index contributed by atoms with van der Waals surface area (Å²) in [5.41, 5.74) is 0. The van der Waals surface area contributed by atoms with Crippen LogP contribution in [0, 0.1) is 5.92 Å². The maximum absolute atomic E-state index is 11.9. The maximum atomic E-state index is 11.9. The molecule has 112 valence electrons. The average Bonchev–Trinajstić information content (AvgIpc) is 3.08. The van der Waals surface area contributed by atoms with E-state index in [4.69, 9.17) is 0 Å². The second-order valence-electron chi connectivity index (χ2n) is 5.45. The van der Waals surface area contributed by atoms with Gasteiger partial charge in [-0.15, -0.1) is 10.2 Å². The van der Waals surface area contributed by atoms with Crippen LogP contribution in [-0.4, -0.2) is 21.4 Å². The summed E-state index contributed by atoms with van der Waals surface area (Å²) in [6.45, 7) is 4.33. The Balaban J connectivity index is 1.73. The van der Waals surface area contributed by atoms with Gasteiger partial charge in [0.15, 0.2) is 4.34 Å². The van der Waals surface area contributed by atoms with Gasteiger partial charge in [-0.05, 0) is 18.8 Å². The minimum atomic E-state index is 0.0770. The van der Waals surface area contributed by atoms with E-state index < -0.39 is 0 Å². The lowest BCUT2D eigenvalue weighted by Crippen LogP contribution is -2.12. The van der Waals surface area contributed by atoms with Crippen molar-refractivity contribution in [3.63, 3.8) is 0 Å². The second-order valence-corrected chi connectivity index (χ2v) is 8.11. The molecule has 0 saturated heterocycles. The Morgan fingerprint density at radius 2 is 2.20 bits per heavy atom. The Hall–Kier alpha value is -0.620. The van der Waals surface area contributed by atoms with E-state index in [9.17, 15) is 4.79 Å². The van der Waals surface area contributed by atoms with Crippen molar-refractivity contribution in [2.75, 3.05) is 5.32 Å². The van der Waals surface area contributed by atoms with E-state index >= 15 is 0 Å². The molecule has 1 fully saturated rings. The summed E-state index contributed by atoms with van der Waals surface area (Å²) >= 11 is 3.19. The van der Waals surface area contributed by atoms with Crippen molar-refractivity contribution in [1.82, 2.24) is 10.2 Å². The number of aromatic nitrogens is 2. The summed E-state index contributed by atoms with van der Waals surface area (Å²) in [4.78, 5) is 11.9. The number of amides is 1. The minimum Gasteiger partial charge on any atom is -0.301 e. The van der Waals surface area contributed by atoms with Crippen LogP contribution in [0.25, 0.3) is 0 Å². The van der Waals surface area contributed by atoms with E-state index in [0.717, 1.165) is 23.1 Å². The van der Waals surface area contributed by atoms with Crippen LogP contribution in [0.4, 0.5) is 5.13 Å². The Labute approximate surface area is 129 Å². The summed E-state index contributed by atoms with van der Waals surface area (Å²) in [5, 5.41) is 12.2. The summed E-state index contributed by atoms with van der Waals surface area (Å²) in [7, 11) is 0. The Kier molecular flexibility index (Phi) is 6.29. The van der Waals surface area contributed by atoms with E-state index in [1.54, 1.807) is 11.8 Å². The van der Waals surface area contributed by atoms with Gasteiger partial charge in [0.2, 0.25) is 11.0 Å². The van der Waals surface area contributed by atoms with Gasteiger partial charge in [-0.1, -0.05) is 62.6 Å². The molecule has 0 aliphatic heterocycles. The highest BCUT2D eigenvalue weighted by atomic mass is 32.2.